The van der Waals surface area contributed by atoms with Gasteiger partial charge >= 0.3 is 7.82 Å². The van der Waals surface area contributed by atoms with E-state index in [1.807, 2.05) is 0 Å². The Hall–Kier alpha value is -0.940. The first-order chi connectivity index (χ1) is 6.42. The lowest BCUT2D eigenvalue weighted by molar-refractivity contribution is 0.263. The van der Waals surface area contributed by atoms with Crippen molar-refractivity contribution in [2.45, 2.75) is 6.61 Å². The van der Waals surface area contributed by atoms with Crippen LogP contribution in [0.5, 0.6) is 5.75 Å². The molecular formula is C7H8FO5P. The number of aliphatic hydroxyl groups excluding tert-OH is 1. The summed E-state index contributed by atoms with van der Waals surface area (Å²) in [6.07, 6.45) is 0. The summed E-state index contributed by atoms with van der Waals surface area (Å²) < 4.78 is 27.3. The van der Waals surface area contributed by atoms with Crippen molar-refractivity contribution in [3.63, 3.8) is 0 Å². The SMILES string of the molecule is O=P(O)(O)Oc1ccc(F)cc1CO. The van der Waals surface area contributed by atoms with E-state index in [-0.39, 0.29) is 11.3 Å². The summed E-state index contributed by atoms with van der Waals surface area (Å²) in [6, 6.07) is 2.95. The van der Waals surface area contributed by atoms with Crippen LogP contribution in [-0.2, 0) is 11.2 Å². The molecule has 0 spiro atoms. The average Bonchev–Trinajstić information content (AvgIpc) is 2.06. The van der Waals surface area contributed by atoms with E-state index >= 15 is 0 Å². The highest BCUT2D eigenvalue weighted by Crippen LogP contribution is 2.39. The van der Waals surface area contributed by atoms with E-state index in [0.717, 1.165) is 18.2 Å². The zero-order chi connectivity index (χ0) is 10.8. The van der Waals surface area contributed by atoms with Crippen LogP contribution in [-0.4, -0.2) is 14.9 Å². The molecule has 0 fully saturated rings. The van der Waals surface area contributed by atoms with Crippen LogP contribution >= 0.6 is 7.82 Å². The number of phosphoric ester groups is 1. The molecule has 14 heavy (non-hydrogen) atoms. The highest BCUT2D eigenvalue weighted by molar-refractivity contribution is 7.46. The van der Waals surface area contributed by atoms with E-state index < -0.39 is 20.2 Å². The Morgan fingerprint density at radius 3 is 2.57 bits per heavy atom. The van der Waals surface area contributed by atoms with E-state index in [0.29, 0.717) is 0 Å². The third-order valence-electron chi connectivity index (χ3n) is 1.41. The Balaban J connectivity index is 3.03. The molecule has 0 amide bonds. The molecule has 5 nitrogen and oxygen atoms in total. The first kappa shape index (κ1) is 11.1. The van der Waals surface area contributed by atoms with Gasteiger partial charge in [-0.25, -0.2) is 8.96 Å². The Kier molecular flexibility index (Phi) is 3.23. The Morgan fingerprint density at radius 2 is 2.07 bits per heavy atom. The molecule has 78 valence electrons. The van der Waals surface area contributed by atoms with Gasteiger partial charge in [-0.15, -0.1) is 0 Å². The fourth-order valence-corrected chi connectivity index (χ4v) is 1.32. The molecule has 0 aliphatic rings. The lowest BCUT2D eigenvalue weighted by Gasteiger charge is -2.09. The normalized spacial score (nSPS) is 11.4. The molecule has 1 aromatic carbocycles. The van der Waals surface area contributed by atoms with Gasteiger partial charge in [0, 0.05) is 5.56 Å². The van der Waals surface area contributed by atoms with Gasteiger partial charge in [-0.3, -0.25) is 9.79 Å². The van der Waals surface area contributed by atoms with Gasteiger partial charge in [0.25, 0.3) is 0 Å². The van der Waals surface area contributed by atoms with E-state index in [1.54, 1.807) is 0 Å². The second kappa shape index (κ2) is 4.06. The third kappa shape index (κ3) is 3.08. The molecule has 0 saturated heterocycles. The number of halogens is 1. The first-order valence-corrected chi connectivity index (χ1v) is 5.10. The molecule has 0 aromatic heterocycles. The van der Waals surface area contributed by atoms with E-state index in [9.17, 15) is 8.96 Å². The van der Waals surface area contributed by atoms with Crippen LogP contribution in [0.25, 0.3) is 0 Å². The third-order valence-corrected chi connectivity index (χ3v) is 1.84. The molecule has 1 rings (SSSR count). The summed E-state index contributed by atoms with van der Waals surface area (Å²) >= 11 is 0. The van der Waals surface area contributed by atoms with Gasteiger partial charge in [0.05, 0.1) is 6.61 Å². The minimum absolute atomic E-state index is 0.0201. The number of benzene rings is 1. The largest absolute Gasteiger partial charge is 0.524 e. The van der Waals surface area contributed by atoms with Crippen LogP contribution in [0.2, 0.25) is 0 Å². The van der Waals surface area contributed by atoms with Gasteiger partial charge in [-0.1, -0.05) is 0 Å². The maximum absolute atomic E-state index is 12.6. The Morgan fingerprint density at radius 1 is 1.43 bits per heavy atom. The van der Waals surface area contributed by atoms with Crippen molar-refractivity contribution < 1.29 is 28.4 Å². The van der Waals surface area contributed by atoms with Gasteiger partial charge in [0.1, 0.15) is 11.6 Å². The lowest BCUT2D eigenvalue weighted by Crippen LogP contribution is -1.95. The molecular weight excluding hydrogens is 214 g/mol. The van der Waals surface area contributed by atoms with Gasteiger partial charge in [-0.2, -0.15) is 0 Å². The van der Waals surface area contributed by atoms with Gasteiger partial charge in [-0.05, 0) is 18.2 Å². The van der Waals surface area contributed by atoms with Crippen molar-refractivity contribution in [2.24, 2.45) is 0 Å². The molecule has 0 aliphatic heterocycles. The summed E-state index contributed by atoms with van der Waals surface area (Å²) in [5.41, 5.74) is -0.0201. The number of phosphoric acid groups is 1. The molecule has 1 aromatic rings. The highest BCUT2D eigenvalue weighted by Gasteiger charge is 2.18. The molecule has 0 heterocycles. The van der Waals surface area contributed by atoms with Gasteiger partial charge in [0.2, 0.25) is 0 Å². The monoisotopic (exact) mass is 222 g/mol. The molecule has 0 aliphatic carbocycles. The number of hydrogen-bond acceptors (Lipinski definition) is 3. The van der Waals surface area contributed by atoms with Crippen molar-refractivity contribution in [2.75, 3.05) is 0 Å². The smallest absolute Gasteiger partial charge is 0.404 e. The van der Waals surface area contributed by atoms with Crippen molar-refractivity contribution in [3.05, 3.63) is 29.6 Å². The quantitative estimate of drug-likeness (QED) is 0.658. The zero-order valence-corrected chi connectivity index (χ0v) is 7.82. The number of rotatable bonds is 3. The standard InChI is InChI=1S/C7H8FO5P/c8-6-1-2-7(5(3-6)4-9)13-14(10,11)12/h1-3,9H,4H2,(H2,10,11,12). The maximum atomic E-state index is 12.6. The zero-order valence-electron chi connectivity index (χ0n) is 6.92. The molecule has 0 atom stereocenters. The van der Waals surface area contributed by atoms with Crippen LogP contribution < -0.4 is 4.52 Å². The fourth-order valence-electron chi connectivity index (χ4n) is 0.889. The summed E-state index contributed by atoms with van der Waals surface area (Å²) in [6.45, 7) is -0.562. The van der Waals surface area contributed by atoms with Crippen molar-refractivity contribution in [3.8, 4) is 5.75 Å². The first-order valence-electron chi connectivity index (χ1n) is 3.57. The second-order valence-electron chi connectivity index (χ2n) is 2.49. The molecule has 7 heteroatoms. The Labute approximate surface area is 79.0 Å². The number of hydrogen-bond donors (Lipinski definition) is 3. The average molecular weight is 222 g/mol. The topological polar surface area (TPSA) is 87.0 Å². The predicted molar refractivity (Wildman–Crippen MR) is 45.0 cm³/mol. The van der Waals surface area contributed by atoms with Crippen molar-refractivity contribution >= 4 is 7.82 Å². The van der Waals surface area contributed by atoms with E-state index in [1.165, 1.54) is 0 Å². The lowest BCUT2D eigenvalue weighted by atomic mass is 10.2. The molecule has 0 unspecified atom stereocenters. The van der Waals surface area contributed by atoms with Gasteiger partial charge < -0.3 is 9.63 Å². The minimum Gasteiger partial charge on any atom is -0.404 e. The maximum Gasteiger partial charge on any atom is 0.524 e. The highest BCUT2D eigenvalue weighted by atomic mass is 31.2. The molecule has 3 N–H and O–H groups in total. The number of aliphatic hydroxyl groups is 1. The molecule has 0 saturated carbocycles. The molecule has 0 bridgehead atoms. The minimum atomic E-state index is -4.68. The van der Waals surface area contributed by atoms with E-state index in [2.05, 4.69) is 4.52 Å². The van der Waals surface area contributed by atoms with Gasteiger partial charge in [0.15, 0.2) is 0 Å². The summed E-state index contributed by atoms with van der Waals surface area (Å²) in [7, 11) is -4.68. The van der Waals surface area contributed by atoms with Crippen molar-refractivity contribution in [1.82, 2.24) is 0 Å². The van der Waals surface area contributed by atoms with Crippen LogP contribution in [0.15, 0.2) is 18.2 Å². The Bertz CT molecular complexity index is 374. The van der Waals surface area contributed by atoms with Crippen LogP contribution in [0.4, 0.5) is 4.39 Å². The van der Waals surface area contributed by atoms with Crippen LogP contribution in [0.1, 0.15) is 5.56 Å². The predicted octanol–water partition coefficient (Wildman–Crippen LogP) is 0.789. The van der Waals surface area contributed by atoms with Crippen LogP contribution in [0, 0.1) is 5.82 Å². The van der Waals surface area contributed by atoms with Crippen LogP contribution in [0.3, 0.4) is 0 Å². The summed E-state index contributed by atoms with van der Waals surface area (Å²) in [4.78, 5) is 16.9. The molecule has 0 radical (unpaired) electrons. The second-order valence-corrected chi connectivity index (χ2v) is 3.66. The summed E-state index contributed by atoms with van der Waals surface area (Å²) in [5.74, 6) is -0.852. The summed E-state index contributed by atoms with van der Waals surface area (Å²) in [5, 5.41) is 8.74. The fraction of sp³-hybridized carbons (Fsp3) is 0.143. The van der Waals surface area contributed by atoms with E-state index in [4.69, 9.17) is 14.9 Å². The van der Waals surface area contributed by atoms with Crippen molar-refractivity contribution in [1.29, 1.82) is 0 Å².